The van der Waals surface area contributed by atoms with Crippen molar-refractivity contribution in [1.29, 1.82) is 0 Å². The Morgan fingerprint density at radius 2 is 1.80 bits per heavy atom. The normalized spacial score (nSPS) is 22.8. The lowest BCUT2D eigenvalue weighted by molar-refractivity contribution is 0.0347. The average molecular weight is 402 g/mol. The third-order valence-electron chi connectivity index (χ3n) is 6.25. The van der Waals surface area contributed by atoms with Gasteiger partial charge in [-0.2, -0.15) is 0 Å². The van der Waals surface area contributed by atoms with Crippen LogP contribution in [0.15, 0.2) is 60.8 Å². The molecule has 0 radical (unpaired) electrons. The first-order chi connectivity index (χ1) is 14.7. The first-order valence-corrected chi connectivity index (χ1v) is 10.8. The zero-order chi connectivity index (χ0) is 20.5. The summed E-state index contributed by atoms with van der Waals surface area (Å²) in [6.45, 7) is 2.49. The van der Waals surface area contributed by atoms with Crippen LogP contribution >= 0.6 is 0 Å². The molecule has 154 valence electrons. The van der Waals surface area contributed by atoms with Crippen LogP contribution in [-0.4, -0.2) is 40.6 Å². The molecular weight excluding hydrogens is 376 g/mol. The minimum absolute atomic E-state index is 0.0824. The Hall–Kier alpha value is -3.08. The number of carbonyl (C=O) groups excluding carboxylic acids is 1. The molecule has 5 heteroatoms. The maximum Gasteiger partial charge on any atom is 0.258 e. The van der Waals surface area contributed by atoms with Crippen LogP contribution < -0.4 is 9.47 Å². The zero-order valence-corrected chi connectivity index (χ0v) is 17.2. The molecule has 1 amide bonds. The molecule has 5 nitrogen and oxygen atoms in total. The van der Waals surface area contributed by atoms with Crippen LogP contribution in [0.5, 0.6) is 11.6 Å². The summed E-state index contributed by atoms with van der Waals surface area (Å²) < 4.78 is 12.0. The second-order valence-corrected chi connectivity index (χ2v) is 8.07. The summed E-state index contributed by atoms with van der Waals surface area (Å²) in [5.41, 5.74) is 0.691. The molecule has 0 saturated carbocycles. The predicted octanol–water partition coefficient (Wildman–Crippen LogP) is 4.85. The first kappa shape index (κ1) is 18.9. The van der Waals surface area contributed by atoms with Gasteiger partial charge in [-0.05, 0) is 42.7 Å². The third-order valence-corrected chi connectivity index (χ3v) is 6.25. The Balaban J connectivity index is 1.43. The van der Waals surface area contributed by atoms with Crippen molar-refractivity contribution in [2.24, 2.45) is 0 Å². The summed E-state index contributed by atoms with van der Waals surface area (Å²) in [5, 5.41) is 2.02. The molecule has 5 rings (SSSR count). The van der Waals surface area contributed by atoms with E-state index >= 15 is 0 Å². The highest BCUT2D eigenvalue weighted by atomic mass is 16.5. The number of nitrogens with zero attached hydrogens (tertiary/aromatic N) is 2. The predicted molar refractivity (Wildman–Crippen MR) is 116 cm³/mol. The van der Waals surface area contributed by atoms with E-state index in [2.05, 4.69) is 9.88 Å². The monoisotopic (exact) mass is 402 g/mol. The van der Waals surface area contributed by atoms with Gasteiger partial charge in [-0.1, -0.05) is 36.4 Å². The summed E-state index contributed by atoms with van der Waals surface area (Å²) in [5.74, 6) is 1.42. The van der Waals surface area contributed by atoms with Gasteiger partial charge in [-0.3, -0.25) is 4.79 Å². The van der Waals surface area contributed by atoms with Crippen LogP contribution in [0.4, 0.5) is 0 Å². The SMILES string of the molecule is CCOc1ccc2ccccc2c1C(=O)N1C2CCC1CC(Oc1ccccn1)C2. The number of benzene rings is 2. The van der Waals surface area contributed by atoms with Gasteiger partial charge in [0.1, 0.15) is 11.9 Å². The number of hydrogen-bond acceptors (Lipinski definition) is 4. The Morgan fingerprint density at radius 3 is 2.53 bits per heavy atom. The van der Waals surface area contributed by atoms with Crippen molar-refractivity contribution in [2.45, 2.75) is 50.8 Å². The van der Waals surface area contributed by atoms with E-state index in [1.165, 1.54) is 0 Å². The lowest BCUT2D eigenvalue weighted by Crippen LogP contribution is -2.49. The largest absolute Gasteiger partial charge is 0.493 e. The second kappa shape index (κ2) is 7.98. The minimum atomic E-state index is 0.0824. The van der Waals surface area contributed by atoms with E-state index in [0.29, 0.717) is 23.8 Å². The van der Waals surface area contributed by atoms with E-state index in [9.17, 15) is 4.79 Å². The van der Waals surface area contributed by atoms with Crippen molar-refractivity contribution < 1.29 is 14.3 Å². The lowest BCUT2D eigenvalue weighted by atomic mass is 9.96. The van der Waals surface area contributed by atoms with Gasteiger partial charge in [-0.15, -0.1) is 0 Å². The number of pyridine rings is 1. The summed E-state index contributed by atoms with van der Waals surface area (Å²) in [7, 11) is 0. The fourth-order valence-electron chi connectivity index (χ4n) is 5.02. The Labute approximate surface area is 176 Å². The quantitative estimate of drug-likeness (QED) is 0.612. The van der Waals surface area contributed by atoms with Gasteiger partial charge in [0, 0.05) is 37.2 Å². The Morgan fingerprint density at radius 1 is 1.03 bits per heavy atom. The van der Waals surface area contributed by atoms with E-state index in [1.807, 2.05) is 61.5 Å². The van der Waals surface area contributed by atoms with Crippen LogP contribution in [0.1, 0.15) is 43.0 Å². The van der Waals surface area contributed by atoms with Gasteiger partial charge in [-0.25, -0.2) is 4.98 Å². The fourth-order valence-corrected chi connectivity index (χ4v) is 5.02. The Kier molecular flexibility index (Phi) is 5.03. The molecule has 3 aromatic rings. The van der Waals surface area contributed by atoms with Crippen molar-refractivity contribution in [2.75, 3.05) is 6.61 Å². The number of aromatic nitrogens is 1. The number of ether oxygens (including phenoxy) is 2. The maximum absolute atomic E-state index is 13.8. The molecule has 1 aromatic heterocycles. The van der Waals surface area contributed by atoms with Crippen molar-refractivity contribution in [3.8, 4) is 11.6 Å². The molecule has 2 aliphatic heterocycles. The molecule has 3 heterocycles. The second-order valence-electron chi connectivity index (χ2n) is 8.07. The van der Waals surface area contributed by atoms with Crippen LogP contribution in [0.3, 0.4) is 0 Å². The van der Waals surface area contributed by atoms with Crippen LogP contribution in [-0.2, 0) is 0 Å². The molecule has 0 spiro atoms. The molecule has 0 N–H and O–H groups in total. The number of carbonyl (C=O) groups is 1. The van der Waals surface area contributed by atoms with E-state index in [-0.39, 0.29) is 24.1 Å². The highest BCUT2D eigenvalue weighted by Crippen LogP contribution is 2.40. The van der Waals surface area contributed by atoms with Gasteiger partial charge in [0.2, 0.25) is 5.88 Å². The van der Waals surface area contributed by atoms with Gasteiger partial charge in [0.15, 0.2) is 0 Å². The van der Waals surface area contributed by atoms with Gasteiger partial charge in [0.25, 0.3) is 5.91 Å². The van der Waals surface area contributed by atoms with Crippen molar-refractivity contribution in [1.82, 2.24) is 9.88 Å². The topological polar surface area (TPSA) is 51.7 Å². The smallest absolute Gasteiger partial charge is 0.258 e. The molecule has 2 atom stereocenters. The maximum atomic E-state index is 13.8. The van der Waals surface area contributed by atoms with E-state index in [0.717, 1.165) is 36.5 Å². The lowest BCUT2D eigenvalue weighted by Gasteiger charge is -2.39. The summed E-state index contributed by atoms with van der Waals surface area (Å²) in [6, 6.07) is 18.1. The number of piperidine rings is 1. The third kappa shape index (κ3) is 3.38. The standard InChI is InChI=1S/C25H26N2O3/c1-2-29-22-13-10-17-7-3-4-8-21(17)24(22)25(28)27-18-11-12-19(27)16-20(15-18)30-23-9-5-6-14-26-23/h3-10,13-14,18-20H,2,11-12,15-16H2,1H3. The van der Waals surface area contributed by atoms with E-state index in [1.54, 1.807) is 6.20 Å². The summed E-state index contributed by atoms with van der Waals surface area (Å²) in [6.07, 6.45) is 5.57. The van der Waals surface area contributed by atoms with Crippen molar-refractivity contribution in [3.05, 3.63) is 66.4 Å². The minimum Gasteiger partial charge on any atom is -0.493 e. The summed E-state index contributed by atoms with van der Waals surface area (Å²) in [4.78, 5) is 20.2. The number of hydrogen-bond donors (Lipinski definition) is 0. The van der Waals surface area contributed by atoms with Crippen LogP contribution in [0, 0.1) is 0 Å². The number of fused-ring (bicyclic) bond motifs is 3. The molecule has 2 fully saturated rings. The zero-order valence-electron chi connectivity index (χ0n) is 17.2. The van der Waals surface area contributed by atoms with Crippen molar-refractivity contribution >= 4 is 16.7 Å². The summed E-state index contributed by atoms with van der Waals surface area (Å²) >= 11 is 0. The van der Waals surface area contributed by atoms with Gasteiger partial charge < -0.3 is 14.4 Å². The van der Waals surface area contributed by atoms with E-state index in [4.69, 9.17) is 9.47 Å². The van der Waals surface area contributed by atoms with Gasteiger partial charge in [0.05, 0.1) is 12.2 Å². The Bertz CT molecular complexity index is 1040. The highest BCUT2D eigenvalue weighted by molar-refractivity contribution is 6.09. The van der Waals surface area contributed by atoms with E-state index < -0.39 is 0 Å². The number of amides is 1. The van der Waals surface area contributed by atoms with Crippen molar-refractivity contribution in [3.63, 3.8) is 0 Å². The molecular formula is C25H26N2O3. The molecule has 2 unspecified atom stereocenters. The molecule has 2 saturated heterocycles. The average Bonchev–Trinajstić information content (AvgIpc) is 3.04. The molecule has 2 aliphatic rings. The molecule has 2 aromatic carbocycles. The molecule has 2 bridgehead atoms. The fraction of sp³-hybridized carbons (Fsp3) is 0.360. The highest BCUT2D eigenvalue weighted by Gasteiger charge is 2.45. The number of rotatable bonds is 5. The van der Waals surface area contributed by atoms with Crippen LogP contribution in [0.25, 0.3) is 10.8 Å². The molecule has 0 aliphatic carbocycles. The van der Waals surface area contributed by atoms with Crippen LogP contribution in [0.2, 0.25) is 0 Å². The van der Waals surface area contributed by atoms with Gasteiger partial charge >= 0.3 is 0 Å². The first-order valence-electron chi connectivity index (χ1n) is 10.8. The molecule has 30 heavy (non-hydrogen) atoms.